The molecule has 0 aromatic carbocycles. The Labute approximate surface area is 57.7 Å². The molecule has 0 spiro atoms. The highest BCUT2D eigenvalue weighted by atomic mass is 28.3. The monoisotopic (exact) mass is 139 g/mol. The van der Waals surface area contributed by atoms with E-state index >= 15 is 0 Å². The van der Waals surface area contributed by atoms with Crippen molar-refractivity contribution in [3.63, 3.8) is 0 Å². The van der Waals surface area contributed by atoms with Gasteiger partial charge in [-0.3, -0.25) is 0 Å². The van der Waals surface area contributed by atoms with E-state index in [4.69, 9.17) is 5.26 Å². The Kier molecular flexibility index (Phi) is 1.63. The lowest BCUT2D eigenvalue weighted by atomic mass is 10.2. The van der Waals surface area contributed by atoms with Gasteiger partial charge in [0.05, 0.1) is 14.1 Å². The summed E-state index contributed by atoms with van der Waals surface area (Å²) in [6.07, 6.45) is 2.14. The molecule has 1 rings (SSSR count). The molecule has 0 amide bonds. The summed E-state index contributed by atoms with van der Waals surface area (Å²) in [5.41, 5.74) is 0.822. The van der Waals surface area contributed by atoms with Crippen LogP contribution in [0.2, 0.25) is 24.7 Å². The first kappa shape index (κ1) is 6.82. The van der Waals surface area contributed by atoms with Crippen molar-refractivity contribution in [3.8, 4) is 6.07 Å². The molecule has 0 N–H and O–H groups in total. The molecule has 1 heterocycles. The van der Waals surface area contributed by atoms with Gasteiger partial charge in [-0.05, 0) is 5.54 Å². The van der Waals surface area contributed by atoms with Gasteiger partial charge in [0, 0.05) is 6.42 Å². The number of nitriles is 1. The summed E-state index contributed by atoms with van der Waals surface area (Å²) in [6, 6.07) is 3.70. The van der Waals surface area contributed by atoms with Gasteiger partial charge >= 0.3 is 0 Å². The average molecular weight is 139 g/mol. The second-order valence-electron chi connectivity index (χ2n) is 3.59. The van der Waals surface area contributed by atoms with E-state index in [9.17, 15) is 0 Å². The molecule has 1 atom stereocenters. The van der Waals surface area contributed by atoms with E-state index in [1.54, 1.807) is 0 Å². The van der Waals surface area contributed by atoms with Crippen LogP contribution in [-0.2, 0) is 0 Å². The lowest BCUT2D eigenvalue weighted by Gasteiger charge is -2.41. The SMILES string of the molecule is C[Si]1(C)CCC1CC#N. The fraction of sp³-hybridized carbons (Fsp3) is 0.857. The Morgan fingerprint density at radius 3 is 2.44 bits per heavy atom. The van der Waals surface area contributed by atoms with E-state index < -0.39 is 8.07 Å². The topological polar surface area (TPSA) is 23.8 Å². The molecule has 1 aliphatic heterocycles. The van der Waals surface area contributed by atoms with Gasteiger partial charge in [0.2, 0.25) is 0 Å². The number of hydrogen-bond acceptors (Lipinski definition) is 1. The predicted octanol–water partition coefficient (Wildman–Crippen LogP) is 2.38. The number of hydrogen-bond donors (Lipinski definition) is 0. The highest BCUT2D eigenvalue weighted by Gasteiger charge is 2.39. The largest absolute Gasteiger partial charge is 0.198 e. The molecular weight excluding hydrogens is 126 g/mol. The molecule has 0 radical (unpaired) electrons. The summed E-state index contributed by atoms with van der Waals surface area (Å²) < 4.78 is 0. The first-order valence-electron chi connectivity index (χ1n) is 3.54. The Hall–Kier alpha value is -0.293. The van der Waals surface area contributed by atoms with Gasteiger partial charge in [0.25, 0.3) is 0 Å². The minimum absolute atomic E-state index is 0.819. The molecule has 1 saturated heterocycles. The molecule has 1 aliphatic rings. The van der Waals surface area contributed by atoms with E-state index in [0.717, 1.165) is 12.0 Å². The zero-order chi connectivity index (χ0) is 6.91. The van der Waals surface area contributed by atoms with Crippen LogP contribution in [0.25, 0.3) is 0 Å². The first-order chi connectivity index (χ1) is 4.17. The molecule has 0 bridgehead atoms. The molecule has 0 aromatic heterocycles. The lowest BCUT2D eigenvalue weighted by molar-refractivity contribution is 0.690. The van der Waals surface area contributed by atoms with Crippen LogP contribution in [-0.4, -0.2) is 8.07 Å². The molecule has 1 unspecified atom stereocenters. The Bertz CT molecular complexity index is 145. The number of nitrogens with zero attached hydrogens (tertiary/aromatic N) is 1. The fourth-order valence-corrected chi connectivity index (χ4v) is 3.91. The maximum atomic E-state index is 8.41. The van der Waals surface area contributed by atoms with Crippen molar-refractivity contribution in [3.05, 3.63) is 0 Å². The van der Waals surface area contributed by atoms with Crippen LogP contribution >= 0.6 is 0 Å². The molecule has 0 aliphatic carbocycles. The van der Waals surface area contributed by atoms with E-state index in [-0.39, 0.29) is 0 Å². The zero-order valence-corrected chi connectivity index (χ0v) is 7.15. The highest BCUT2D eigenvalue weighted by Crippen LogP contribution is 2.44. The summed E-state index contributed by atoms with van der Waals surface area (Å²) in [7, 11) is -0.824. The highest BCUT2D eigenvalue weighted by molar-refractivity contribution is 6.81. The van der Waals surface area contributed by atoms with Crippen molar-refractivity contribution >= 4 is 8.07 Å². The summed E-state index contributed by atoms with van der Waals surface area (Å²) in [4.78, 5) is 0. The second-order valence-corrected chi connectivity index (χ2v) is 8.88. The first-order valence-corrected chi connectivity index (χ1v) is 6.82. The molecule has 1 nitrogen and oxygen atoms in total. The van der Waals surface area contributed by atoms with Crippen LogP contribution in [0.3, 0.4) is 0 Å². The average Bonchev–Trinajstić information content (AvgIpc) is 1.81. The molecule has 1 fully saturated rings. The molecular formula is C7H13NSi. The minimum Gasteiger partial charge on any atom is -0.198 e. The number of rotatable bonds is 1. The van der Waals surface area contributed by atoms with Crippen LogP contribution in [0.1, 0.15) is 12.8 Å². The van der Waals surface area contributed by atoms with Gasteiger partial charge in [0.15, 0.2) is 0 Å². The predicted molar refractivity (Wildman–Crippen MR) is 40.9 cm³/mol. The standard InChI is InChI=1S/C7H13NSi/c1-9(2)6-4-7(9)3-5-8/h7H,3-4,6H2,1-2H3. The van der Waals surface area contributed by atoms with E-state index in [1.165, 1.54) is 12.5 Å². The molecule has 0 saturated carbocycles. The summed E-state index contributed by atoms with van der Waals surface area (Å²) in [6.45, 7) is 4.77. The van der Waals surface area contributed by atoms with Crippen LogP contribution in [0.4, 0.5) is 0 Å². The van der Waals surface area contributed by atoms with Crippen molar-refractivity contribution in [2.75, 3.05) is 0 Å². The van der Waals surface area contributed by atoms with Gasteiger partial charge in [-0.25, -0.2) is 0 Å². The third-order valence-electron chi connectivity index (χ3n) is 2.58. The van der Waals surface area contributed by atoms with Gasteiger partial charge in [-0.15, -0.1) is 0 Å². The Morgan fingerprint density at radius 2 is 2.33 bits per heavy atom. The van der Waals surface area contributed by atoms with Crippen molar-refractivity contribution in [2.24, 2.45) is 0 Å². The van der Waals surface area contributed by atoms with E-state index in [0.29, 0.717) is 0 Å². The lowest BCUT2D eigenvalue weighted by Crippen LogP contribution is -2.41. The molecule has 9 heavy (non-hydrogen) atoms. The second kappa shape index (κ2) is 2.15. The quantitative estimate of drug-likeness (QED) is 0.512. The summed E-state index contributed by atoms with van der Waals surface area (Å²) >= 11 is 0. The van der Waals surface area contributed by atoms with Crippen molar-refractivity contribution in [1.29, 1.82) is 5.26 Å². The van der Waals surface area contributed by atoms with Crippen LogP contribution in [0.15, 0.2) is 0 Å². The summed E-state index contributed by atoms with van der Waals surface area (Å²) in [5, 5.41) is 8.41. The van der Waals surface area contributed by atoms with Gasteiger partial charge in [-0.2, -0.15) is 5.26 Å². The van der Waals surface area contributed by atoms with Crippen LogP contribution < -0.4 is 0 Å². The van der Waals surface area contributed by atoms with Crippen molar-refractivity contribution in [1.82, 2.24) is 0 Å². The van der Waals surface area contributed by atoms with Gasteiger partial charge < -0.3 is 0 Å². The van der Waals surface area contributed by atoms with Crippen LogP contribution in [0, 0.1) is 11.3 Å². The maximum Gasteiger partial charge on any atom is 0.0621 e. The van der Waals surface area contributed by atoms with Gasteiger partial charge in [0.1, 0.15) is 0 Å². The van der Waals surface area contributed by atoms with E-state index in [2.05, 4.69) is 19.2 Å². The summed E-state index contributed by atoms with van der Waals surface area (Å²) in [5.74, 6) is 0. The molecule has 2 heteroatoms. The Morgan fingerprint density at radius 1 is 1.67 bits per heavy atom. The van der Waals surface area contributed by atoms with Crippen LogP contribution in [0.5, 0.6) is 0 Å². The normalized spacial score (nSPS) is 30.6. The van der Waals surface area contributed by atoms with E-state index in [1.807, 2.05) is 0 Å². The maximum absolute atomic E-state index is 8.41. The Balaban J connectivity index is 2.38. The van der Waals surface area contributed by atoms with Crippen molar-refractivity contribution < 1.29 is 0 Å². The minimum atomic E-state index is -0.824. The third kappa shape index (κ3) is 1.16. The molecule has 50 valence electrons. The zero-order valence-electron chi connectivity index (χ0n) is 6.15. The van der Waals surface area contributed by atoms with Gasteiger partial charge in [-0.1, -0.05) is 25.6 Å². The smallest absolute Gasteiger partial charge is 0.0621 e. The fourth-order valence-electron chi connectivity index (χ4n) is 1.41. The molecule has 0 aromatic rings. The van der Waals surface area contributed by atoms with Crippen molar-refractivity contribution in [2.45, 2.75) is 37.5 Å². The third-order valence-corrected chi connectivity index (χ3v) is 6.86.